The van der Waals surface area contributed by atoms with Crippen LogP contribution in [0.4, 0.5) is 4.79 Å². The zero-order valence-electron chi connectivity index (χ0n) is 14.2. The molecule has 1 unspecified atom stereocenters. The van der Waals surface area contributed by atoms with Gasteiger partial charge in [-0.05, 0) is 25.5 Å². The summed E-state index contributed by atoms with van der Waals surface area (Å²) in [5, 5.41) is 9.59. The summed E-state index contributed by atoms with van der Waals surface area (Å²) in [4.78, 5) is 28.6. The molecule has 3 N–H and O–H groups in total. The minimum atomic E-state index is -0.363. The minimum absolute atomic E-state index is 0. The molecule has 1 fully saturated rings. The Bertz CT molecular complexity index is 625. The van der Waals surface area contributed by atoms with Gasteiger partial charge in [-0.25, -0.2) is 4.79 Å². The van der Waals surface area contributed by atoms with Crippen LogP contribution in [0.2, 0.25) is 5.02 Å². The molecule has 9 heteroatoms. The summed E-state index contributed by atoms with van der Waals surface area (Å²) in [6.07, 6.45) is 0. The Morgan fingerprint density at radius 3 is 2.72 bits per heavy atom. The van der Waals surface area contributed by atoms with E-state index in [0.717, 1.165) is 5.56 Å². The van der Waals surface area contributed by atoms with Crippen LogP contribution >= 0.6 is 35.6 Å². The molecule has 0 aromatic heterocycles. The molecule has 1 atom stereocenters. The van der Waals surface area contributed by atoms with Crippen LogP contribution < -0.4 is 16.0 Å². The maximum atomic E-state index is 11.5. The molecule has 0 saturated carbocycles. The number of carbonyl (C=O) groups is 2. The van der Waals surface area contributed by atoms with Crippen molar-refractivity contribution in [2.24, 2.45) is 4.99 Å². The topological polar surface area (TPSA) is 85.8 Å². The molecule has 1 saturated heterocycles. The highest BCUT2D eigenvalue weighted by atomic mass is 127. The molecule has 0 radical (unpaired) electrons. The minimum Gasteiger partial charge on any atom is -0.357 e. The highest BCUT2D eigenvalue weighted by Crippen LogP contribution is 2.21. The van der Waals surface area contributed by atoms with Gasteiger partial charge in [0.1, 0.15) is 0 Å². The number of carbonyl (C=O) groups excluding carboxylic acids is 2. The number of nitrogens with zero attached hydrogens (tertiary/aromatic N) is 2. The number of hydrogen-bond acceptors (Lipinski definition) is 3. The molecular weight excluding hydrogens is 457 g/mol. The van der Waals surface area contributed by atoms with E-state index in [9.17, 15) is 9.59 Å². The zero-order valence-corrected chi connectivity index (χ0v) is 17.3. The first-order chi connectivity index (χ1) is 11.5. The molecule has 1 aliphatic heterocycles. The Labute approximate surface area is 169 Å². The Kier molecular flexibility index (Phi) is 8.98. The lowest BCUT2D eigenvalue weighted by Crippen LogP contribution is -2.40. The fourth-order valence-electron chi connectivity index (χ4n) is 2.37. The van der Waals surface area contributed by atoms with E-state index in [1.807, 2.05) is 38.1 Å². The third-order valence-corrected chi connectivity index (χ3v) is 3.94. The molecule has 3 amide bonds. The van der Waals surface area contributed by atoms with Gasteiger partial charge in [0, 0.05) is 11.6 Å². The Hall–Kier alpha value is -1.55. The highest BCUT2D eigenvalue weighted by molar-refractivity contribution is 14.0. The predicted molar refractivity (Wildman–Crippen MR) is 110 cm³/mol. The number of benzene rings is 1. The van der Waals surface area contributed by atoms with Crippen LogP contribution in [0.5, 0.6) is 0 Å². The van der Waals surface area contributed by atoms with Crippen molar-refractivity contribution in [2.75, 3.05) is 26.2 Å². The molecule has 1 aromatic carbocycles. The quantitative estimate of drug-likeness (QED) is 0.253. The zero-order chi connectivity index (χ0) is 17.5. The molecule has 138 valence electrons. The largest absolute Gasteiger partial charge is 0.357 e. The SMILES string of the molecule is CCNC(=NCCN1C(=O)CNC1=O)NC(C)c1ccccc1Cl.I. The average molecular weight is 480 g/mol. The van der Waals surface area contributed by atoms with Crippen LogP contribution in [0, 0.1) is 0 Å². The number of imide groups is 1. The number of halogens is 2. The summed E-state index contributed by atoms with van der Waals surface area (Å²) in [7, 11) is 0. The van der Waals surface area contributed by atoms with Crippen LogP contribution in [-0.4, -0.2) is 49.0 Å². The first-order valence-corrected chi connectivity index (χ1v) is 8.28. The van der Waals surface area contributed by atoms with E-state index in [4.69, 9.17) is 11.6 Å². The van der Waals surface area contributed by atoms with Crippen molar-refractivity contribution in [1.29, 1.82) is 0 Å². The number of urea groups is 1. The first kappa shape index (κ1) is 21.5. The van der Waals surface area contributed by atoms with Gasteiger partial charge in [-0.1, -0.05) is 29.8 Å². The Morgan fingerprint density at radius 2 is 2.12 bits per heavy atom. The third kappa shape index (κ3) is 6.03. The molecule has 1 heterocycles. The van der Waals surface area contributed by atoms with Crippen LogP contribution in [0.25, 0.3) is 0 Å². The second-order valence-corrected chi connectivity index (χ2v) is 5.76. The van der Waals surface area contributed by atoms with Gasteiger partial charge in [0.25, 0.3) is 0 Å². The monoisotopic (exact) mass is 479 g/mol. The van der Waals surface area contributed by atoms with Gasteiger partial charge in [-0.15, -0.1) is 24.0 Å². The number of guanidine groups is 1. The lowest BCUT2D eigenvalue weighted by Gasteiger charge is -2.19. The summed E-state index contributed by atoms with van der Waals surface area (Å²) in [5.74, 6) is 0.384. The number of hydrogen-bond donors (Lipinski definition) is 3. The average Bonchev–Trinajstić information content (AvgIpc) is 2.87. The number of aliphatic imine (C=N–C) groups is 1. The van der Waals surface area contributed by atoms with E-state index in [1.165, 1.54) is 4.90 Å². The number of rotatable bonds is 6. The van der Waals surface area contributed by atoms with E-state index >= 15 is 0 Å². The molecule has 1 aromatic rings. The van der Waals surface area contributed by atoms with Gasteiger partial charge in [-0.2, -0.15) is 0 Å². The van der Waals surface area contributed by atoms with Crippen molar-refractivity contribution >= 4 is 53.5 Å². The Morgan fingerprint density at radius 1 is 1.40 bits per heavy atom. The van der Waals surface area contributed by atoms with E-state index in [-0.39, 0.29) is 55.0 Å². The molecule has 1 aliphatic rings. The predicted octanol–water partition coefficient (Wildman–Crippen LogP) is 2.13. The number of nitrogens with one attached hydrogen (secondary N) is 3. The van der Waals surface area contributed by atoms with Crippen molar-refractivity contribution in [2.45, 2.75) is 19.9 Å². The van der Waals surface area contributed by atoms with Crippen molar-refractivity contribution in [3.63, 3.8) is 0 Å². The molecule has 0 bridgehead atoms. The first-order valence-electron chi connectivity index (χ1n) is 7.90. The molecule has 2 rings (SSSR count). The summed E-state index contributed by atoms with van der Waals surface area (Å²) < 4.78 is 0. The van der Waals surface area contributed by atoms with E-state index in [2.05, 4.69) is 20.9 Å². The second-order valence-electron chi connectivity index (χ2n) is 5.35. The van der Waals surface area contributed by atoms with E-state index in [0.29, 0.717) is 24.1 Å². The summed E-state index contributed by atoms with van der Waals surface area (Å²) >= 11 is 6.21. The van der Waals surface area contributed by atoms with Crippen molar-refractivity contribution in [3.05, 3.63) is 34.9 Å². The fraction of sp³-hybridized carbons (Fsp3) is 0.438. The lowest BCUT2D eigenvalue weighted by molar-refractivity contribution is -0.124. The van der Waals surface area contributed by atoms with E-state index < -0.39 is 0 Å². The Balaban J connectivity index is 0.00000312. The molecule has 0 spiro atoms. The summed E-state index contributed by atoms with van der Waals surface area (Å²) in [5.41, 5.74) is 0.971. The van der Waals surface area contributed by atoms with Crippen LogP contribution in [0.15, 0.2) is 29.3 Å². The van der Waals surface area contributed by atoms with Crippen LogP contribution in [0.1, 0.15) is 25.5 Å². The fourth-order valence-corrected chi connectivity index (χ4v) is 2.67. The van der Waals surface area contributed by atoms with Crippen LogP contribution in [-0.2, 0) is 4.79 Å². The van der Waals surface area contributed by atoms with Gasteiger partial charge < -0.3 is 16.0 Å². The molecule has 25 heavy (non-hydrogen) atoms. The standard InChI is InChI=1S/C16H22ClN5O2.HI/c1-3-18-15(19-8-9-22-14(23)10-20-16(22)24)21-11(2)12-6-4-5-7-13(12)17;/h4-7,11H,3,8-10H2,1-2H3,(H,20,24)(H2,18,19,21);1H. The van der Waals surface area contributed by atoms with E-state index in [1.54, 1.807) is 0 Å². The van der Waals surface area contributed by atoms with Crippen molar-refractivity contribution < 1.29 is 9.59 Å². The number of amides is 3. The van der Waals surface area contributed by atoms with Gasteiger partial charge in [0.05, 0.1) is 25.7 Å². The highest BCUT2D eigenvalue weighted by Gasteiger charge is 2.27. The summed E-state index contributed by atoms with van der Waals surface area (Å²) in [6.45, 7) is 5.29. The summed E-state index contributed by atoms with van der Waals surface area (Å²) in [6, 6.07) is 7.22. The van der Waals surface area contributed by atoms with Gasteiger partial charge in [0.15, 0.2) is 5.96 Å². The molecule has 0 aliphatic carbocycles. The smallest absolute Gasteiger partial charge is 0.324 e. The maximum Gasteiger partial charge on any atom is 0.324 e. The second kappa shape index (κ2) is 10.4. The molecular formula is C16H23ClIN5O2. The van der Waals surface area contributed by atoms with Crippen molar-refractivity contribution in [3.8, 4) is 0 Å². The normalized spacial score (nSPS) is 15.5. The maximum absolute atomic E-state index is 11.5. The lowest BCUT2D eigenvalue weighted by atomic mass is 10.1. The van der Waals surface area contributed by atoms with Crippen molar-refractivity contribution in [1.82, 2.24) is 20.9 Å². The third-order valence-electron chi connectivity index (χ3n) is 3.60. The van der Waals surface area contributed by atoms with Gasteiger partial charge in [-0.3, -0.25) is 14.7 Å². The molecule has 7 nitrogen and oxygen atoms in total. The van der Waals surface area contributed by atoms with Gasteiger partial charge >= 0.3 is 6.03 Å². The van der Waals surface area contributed by atoms with Gasteiger partial charge in [0.2, 0.25) is 5.91 Å². The van der Waals surface area contributed by atoms with Crippen LogP contribution in [0.3, 0.4) is 0 Å².